The summed E-state index contributed by atoms with van der Waals surface area (Å²) in [6, 6.07) is 10.5. The van der Waals surface area contributed by atoms with E-state index in [1.54, 1.807) is 31.2 Å². The van der Waals surface area contributed by atoms with E-state index < -0.39 is 18.0 Å². The number of aliphatic hydroxyl groups is 1. The molecule has 2 heterocycles. The zero-order valence-electron chi connectivity index (χ0n) is 17.6. The van der Waals surface area contributed by atoms with E-state index in [9.17, 15) is 18.3 Å². The molecule has 0 aliphatic carbocycles. The number of hydrogen-bond donors (Lipinski definition) is 3. The van der Waals surface area contributed by atoms with Crippen LogP contribution in [0.3, 0.4) is 0 Å². The lowest BCUT2D eigenvalue weighted by Crippen LogP contribution is -2.26. The Labute approximate surface area is 183 Å². The van der Waals surface area contributed by atoms with Crippen molar-refractivity contribution in [3.05, 3.63) is 71.2 Å². The molecule has 10 heteroatoms. The number of aliphatic hydroxyl groups excluding tert-OH is 1. The summed E-state index contributed by atoms with van der Waals surface area (Å²) < 4.78 is 45.7. The Morgan fingerprint density at radius 1 is 1.09 bits per heavy atom. The first-order valence-corrected chi connectivity index (χ1v) is 9.90. The molecule has 4 N–H and O–H groups in total. The number of nitrogens with one attached hydrogen (secondary N) is 1. The second-order valence-electron chi connectivity index (χ2n) is 7.24. The lowest BCUT2D eigenvalue weighted by molar-refractivity contribution is -0.138. The van der Waals surface area contributed by atoms with Crippen LogP contribution in [0.15, 0.2) is 48.8 Å². The van der Waals surface area contributed by atoms with Gasteiger partial charge >= 0.3 is 6.18 Å². The van der Waals surface area contributed by atoms with E-state index in [0.717, 1.165) is 17.3 Å². The molecule has 0 amide bonds. The summed E-state index contributed by atoms with van der Waals surface area (Å²) >= 11 is 0. The maximum atomic E-state index is 13.6. The standard InChI is InChI=1S/C22H24F3N5O2/c1-13(20(26)31)16-6-4-3-5-14(16)7-9-18-17(22(23,24)25)12-28-21(30-18)29-15-8-10-19(32-2)27-11-15/h3-6,8,10-13,20,31H,7,9,26H2,1-2H3,(H,28,29,30). The van der Waals surface area contributed by atoms with Gasteiger partial charge in [0.15, 0.2) is 0 Å². The quantitative estimate of drug-likeness (QED) is 0.451. The fourth-order valence-electron chi connectivity index (χ4n) is 3.25. The first kappa shape index (κ1) is 23.4. The number of ether oxygens (including phenoxy) is 1. The number of nitrogens with two attached hydrogens (primary N) is 1. The van der Waals surface area contributed by atoms with Crippen LogP contribution in [-0.4, -0.2) is 33.4 Å². The number of benzene rings is 1. The molecule has 2 atom stereocenters. The lowest BCUT2D eigenvalue weighted by atomic mass is 9.91. The van der Waals surface area contributed by atoms with Crippen molar-refractivity contribution in [2.24, 2.45) is 5.73 Å². The summed E-state index contributed by atoms with van der Waals surface area (Å²) in [4.78, 5) is 12.0. The first-order valence-electron chi connectivity index (χ1n) is 9.90. The number of halogens is 3. The maximum Gasteiger partial charge on any atom is 0.419 e. The van der Waals surface area contributed by atoms with Gasteiger partial charge in [-0.2, -0.15) is 13.2 Å². The zero-order chi connectivity index (χ0) is 23.3. The molecule has 0 fully saturated rings. The Bertz CT molecular complexity index is 1040. The molecule has 0 spiro atoms. The highest BCUT2D eigenvalue weighted by Crippen LogP contribution is 2.32. The summed E-state index contributed by atoms with van der Waals surface area (Å²) in [5, 5.41) is 12.6. The molecule has 0 saturated carbocycles. The molecular formula is C22H24F3N5O2. The molecule has 3 rings (SSSR count). The highest BCUT2D eigenvalue weighted by molar-refractivity contribution is 5.52. The monoisotopic (exact) mass is 447 g/mol. The van der Waals surface area contributed by atoms with Gasteiger partial charge in [0.25, 0.3) is 0 Å². The summed E-state index contributed by atoms with van der Waals surface area (Å²) in [6.45, 7) is 1.76. The van der Waals surface area contributed by atoms with Gasteiger partial charge in [-0.3, -0.25) is 0 Å². The first-order chi connectivity index (χ1) is 15.2. The normalized spacial score (nSPS) is 13.5. The van der Waals surface area contributed by atoms with Gasteiger partial charge in [-0.05, 0) is 30.0 Å². The predicted octanol–water partition coefficient (Wildman–Crippen LogP) is 3.81. The Morgan fingerprint density at radius 2 is 1.84 bits per heavy atom. The molecule has 3 aromatic rings. The van der Waals surface area contributed by atoms with Crippen LogP contribution < -0.4 is 15.8 Å². The maximum absolute atomic E-state index is 13.6. The number of anilines is 2. The number of rotatable bonds is 8. The van der Waals surface area contributed by atoms with Crippen molar-refractivity contribution in [3.63, 3.8) is 0 Å². The molecule has 0 aliphatic rings. The molecule has 2 aromatic heterocycles. The minimum atomic E-state index is -4.59. The van der Waals surface area contributed by atoms with Gasteiger partial charge in [-0.25, -0.2) is 15.0 Å². The topological polar surface area (TPSA) is 106 Å². The molecule has 7 nitrogen and oxygen atoms in total. The minimum Gasteiger partial charge on any atom is -0.481 e. The van der Waals surface area contributed by atoms with Crippen LogP contribution in [0.25, 0.3) is 0 Å². The van der Waals surface area contributed by atoms with Crippen molar-refractivity contribution in [3.8, 4) is 5.88 Å². The Kier molecular flexibility index (Phi) is 7.26. The second-order valence-corrected chi connectivity index (χ2v) is 7.24. The van der Waals surface area contributed by atoms with E-state index in [4.69, 9.17) is 10.5 Å². The summed E-state index contributed by atoms with van der Waals surface area (Å²) in [6.07, 6.45) is -3.10. The van der Waals surface area contributed by atoms with Crippen molar-refractivity contribution in [1.29, 1.82) is 0 Å². The van der Waals surface area contributed by atoms with E-state index in [1.807, 2.05) is 12.1 Å². The van der Waals surface area contributed by atoms with Crippen molar-refractivity contribution in [2.45, 2.75) is 38.1 Å². The second kappa shape index (κ2) is 9.92. The van der Waals surface area contributed by atoms with E-state index in [-0.39, 0.29) is 30.4 Å². The highest BCUT2D eigenvalue weighted by Gasteiger charge is 2.35. The third-order valence-corrected chi connectivity index (χ3v) is 5.06. The molecule has 170 valence electrons. The van der Waals surface area contributed by atoms with Crippen molar-refractivity contribution < 1.29 is 23.0 Å². The largest absolute Gasteiger partial charge is 0.481 e. The number of methoxy groups -OCH3 is 1. The molecule has 0 aliphatic heterocycles. The summed E-state index contributed by atoms with van der Waals surface area (Å²) in [5.74, 6) is 0.0672. The average molecular weight is 447 g/mol. The van der Waals surface area contributed by atoms with E-state index in [1.165, 1.54) is 13.3 Å². The highest BCUT2D eigenvalue weighted by atomic mass is 19.4. The number of aromatic nitrogens is 3. The molecule has 1 aromatic carbocycles. The van der Waals surface area contributed by atoms with Crippen LogP contribution in [0.5, 0.6) is 5.88 Å². The lowest BCUT2D eigenvalue weighted by Gasteiger charge is -2.19. The average Bonchev–Trinajstić information content (AvgIpc) is 2.77. The predicted molar refractivity (Wildman–Crippen MR) is 114 cm³/mol. The number of aryl methyl sites for hydroxylation is 2. The van der Waals surface area contributed by atoms with Gasteiger partial charge < -0.3 is 20.9 Å². The van der Waals surface area contributed by atoms with Crippen molar-refractivity contribution in [2.75, 3.05) is 12.4 Å². The van der Waals surface area contributed by atoms with Gasteiger partial charge in [0, 0.05) is 18.2 Å². The van der Waals surface area contributed by atoms with Crippen LogP contribution in [0.2, 0.25) is 0 Å². The Balaban J connectivity index is 1.86. The molecular weight excluding hydrogens is 423 g/mol. The fourth-order valence-corrected chi connectivity index (χ4v) is 3.25. The molecule has 2 unspecified atom stereocenters. The fraction of sp³-hybridized carbons (Fsp3) is 0.318. The number of alkyl halides is 3. The Hall–Kier alpha value is -3.24. The van der Waals surface area contributed by atoms with E-state index >= 15 is 0 Å². The Morgan fingerprint density at radius 3 is 2.47 bits per heavy atom. The van der Waals surface area contributed by atoms with Crippen molar-refractivity contribution >= 4 is 11.6 Å². The van der Waals surface area contributed by atoms with Crippen LogP contribution in [0.1, 0.15) is 35.2 Å². The zero-order valence-corrected chi connectivity index (χ0v) is 17.6. The van der Waals surface area contributed by atoms with Gasteiger partial charge in [-0.15, -0.1) is 0 Å². The summed E-state index contributed by atoms with van der Waals surface area (Å²) in [7, 11) is 1.48. The number of hydrogen-bond acceptors (Lipinski definition) is 7. The van der Waals surface area contributed by atoms with Crippen LogP contribution in [0, 0.1) is 0 Å². The third kappa shape index (κ3) is 5.71. The van der Waals surface area contributed by atoms with E-state index in [2.05, 4.69) is 20.3 Å². The van der Waals surface area contributed by atoms with Gasteiger partial charge in [-0.1, -0.05) is 31.2 Å². The molecule has 0 bridgehead atoms. The smallest absolute Gasteiger partial charge is 0.419 e. The van der Waals surface area contributed by atoms with Gasteiger partial charge in [0.2, 0.25) is 11.8 Å². The van der Waals surface area contributed by atoms with E-state index in [0.29, 0.717) is 11.6 Å². The molecule has 0 radical (unpaired) electrons. The number of pyridine rings is 1. The van der Waals surface area contributed by atoms with Crippen LogP contribution in [-0.2, 0) is 19.0 Å². The number of nitrogens with zero attached hydrogens (tertiary/aromatic N) is 3. The molecule has 32 heavy (non-hydrogen) atoms. The summed E-state index contributed by atoms with van der Waals surface area (Å²) in [5.41, 5.74) is 6.67. The van der Waals surface area contributed by atoms with Gasteiger partial charge in [0.05, 0.1) is 30.3 Å². The third-order valence-electron chi connectivity index (χ3n) is 5.06. The van der Waals surface area contributed by atoms with Crippen LogP contribution >= 0.6 is 0 Å². The van der Waals surface area contributed by atoms with Crippen LogP contribution in [0.4, 0.5) is 24.8 Å². The SMILES string of the molecule is COc1ccc(Nc2ncc(C(F)(F)F)c(CCc3ccccc3C(C)C(N)O)n2)cn1. The van der Waals surface area contributed by atoms with Crippen molar-refractivity contribution in [1.82, 2.24) is 15.0 Å². The molecule has 0 saturated heterocycles. The van der Waals surface area contributed by atoms with Gasteiger partial charge in [0.1, 0.15) is 6.23 Å². The minimum absolute atomic E-state index is 0.0251.